The highest BCUT2D eigenvalue weighted by Crippen LogP contribution is 2.27. The molecule has 3 rings (SSSR count). The molecule has 8 heteroatoms. The van der Waals surface area contributed by atoms with Crippen LogP contribution in [0, 0.1) is 13.8 Å². The Morgan fingerprint density at radius 2 is 1.73 bits per heavy atom. The van der Waals surface area contributed by atoms with Crippen molar-refractivity contribution in [1.82, 2.24) is 5.32 Å². The molecule has 0 aliphatic heterocycles. The number of thioether (sulfide) groups is 1. The highest BCUT2D eigenvalue weighted by molar-refractivity contribution is 7.98. The average molecular weight is 503 g/mol. The first-order chi connectivity index (χ1) is 15.8. The molecule has 1 amide bonds. The van der Waals surface area contributed by atoms with Crippen LogP contribution in [0.2, 0.25) is 5.02 Å². The molecule has 1 N–H and O–H groups in total. The molecule has 5 nitrogen and oxygen atoms in total. The van der Waals surface area contributed by atoms with Crippen LogP contribution in [0.3, 0.4) is 0 Å². The van der Waals surface area contributed by atoms with Crippen molar-refractivity contribution in [1.29, 1.82) is 0 Å². The van der Waals surface area contributed by atoms with Crippen molar-refractivity contribution >= 4 is 45.0 Å². The van der Waals surface area contributed by atoms with E-state index in [1.807, 2.05) is 25.1 Å². The summed E-state index contributed by atoms with van der Waals surface area (Å²) in [5.41, 5.74) is 3.69. The Morgan fingerprint density at radius 3 is 2.42 bits per heavy atom. The zero-order chi connectivity index (χ0) is 23.8. The highest BCUT2D eigenvalue weighted by Gasteiger charge is 2.28. The van der Waals surface area contributed by atoms with Gasteiger partial charge in [0.2, 0.25) is 5.91 Å². The van der Waals surface area contributed by atoms with Crippen LogP contribution in [0.5, 0.6) is 0 Å². The molecule has 3 aromatic rings. The first-order valence-electron chi connectivity index (χ1n) is 10.5. The molecule has 0 atom stereocenters. The third-order valence-corrected chi connectivity index (χ3v) is 8.05. The van der Waals surface area contributed by atoms with Gasteiger partial charge in [-0.2, -0.15) is 11.8 Å². The fraction of sp³-hybridized carbons (Fsp3) is 0.240. The van der Waals surface area contributed by atoms with Crippen LogP contribution in [0.4, 0.5) is 5.69 Å². The van der Waals surface area contributed by atoms with Crippen LogP contribution in [-0.2, 0) is 20.6 Å². The summed E-state index contributed by atoms with van der Waals surface area (Å²) in [4.78, 5) is 12.8. The Balaban J connectivity index is 1.65. The number of para-hydroxylation sites is 1. The van der Waals surface area contributed by atoms with Crippen LogP contribution >= 0.6 is 23.4 Å². The SMILES string of the molecule is Cc1cccc(CSCCNC(=O)CN(c2ccccc2C)S(=O)(=O)c2ccc(Cl)cc2)c1. The van der Waals surface area contributed by atoms with Gasteiger partial charge < -0.3 is 5.32 Å². The molecule has 3 aromatic carbocycles. The van der Waals surface area contributed by atoms with Gasteiger partial charge in [-0.15, -0.1) is 0 Å². The van der Waals surface area contributed by atoms with E-state index in [9.17, 15) is 13.2 Å². The second kappa shape index (κ2) is 11.6. The monoisotopic (exact) mass is 502 g/mol. The Kier molecular flexibility index (Phi) is 8.83. The van der Waals surface area contributed by atoms with Crippen LogP contribution < -0.4 is 9.62 Å². The molecule has 174 valence electrons. The molecule has 0 saturated heterocycles. The number of nitrogens with one attached hydrogen (secondary N) is 1. The number of nitrogens with zero attached hydrogens (tertiary/aromatic N) is 1. The van der Waals surface area contributed by atoms with E-state index in [4.69, 9.17) is 11.6 Å². The van der Waals surface area contributed by atoms with Crippen LogP contribution in [-0.4, -0.2) is 33.2 Å². The third kappa shape index (κ3) is 7.00. The zero-order valence-electron chi connectivity index (χ0n) is 18.6. The molecule has 0 unspecified atom stereocenters. The molecule has 0 aliphatic rings. The molecular weight excluding hydrogens is 476 g/mol. The quantitative estimate of drug-likeness (QED) is 0.387. The van der Waals surface area contributed by atoms with Gasteiger partial charge in [0.1, 0.15) is 6.54 Å². The predicted octanol–water partition coefficient (Wildman–Crippen LogP) is 5.20. The largest absolute Gasteiger partial charge is 0.354 e. The van der Waals surface area contributed by atoms with E-state index in [1.54, 1.807) is 23.9 Å². The summed E-state index contributed by atoms with van der Waals surface area (Å²) in [6, 6.07) is 21.4. The number of halogens is 1. The molecule has 0 saturated carbocycles. The Labute approximate surface area is 205 Å². The standard InChI is InChI=1S/C25H27ClN2O3S2/c1-19-6-5-8-21(16-19)18-32-15-14-27-25(29)17-28(24-9-4-3-7-20(24)2)33(30,31)23-12-10-22(26)11-13-23/h3-13,16H,14-15,17-18H2,1-2H3,(H,27,29). The van der Waals surface area contributed by atoms with Crippen molar-refractivity contribution < 1.29 is 13.2 Å². The third-order valence-electron chi connectivity index (χ3n) is 4.99. The van der Waals surface area contributed by atoms with Crippen LogP contribution in [0.25, 0.3) is 0 Å². The molecule has 0 radical (unpaired) electrons. The molecule has 0 aliphatic carbocycles. The second-order valence-corrected chi connectivity index (χ2v) is 11.0. The Hall–Kier alpha value is -2.48. The van der Waals surface area contributed by atoms with Crippen LogP contribution in [0.1, 0.15) is 16.7 Å². The van der Waals surface area contributed by atoms with Crippen molar-refractivity contribution in [3.05, 3.63) is 94.5 Å². The molecule has 0 aromatic heterocycles. The fourth-order valence-electron chi connectivity index (χ4n) is 3.32. The fourth-order valence-corrected chi connectivity index (χ4v) is 5.74. The van der Waals surface area contributed by atoms with Gasteiger partial charge in [0, 0.05) is 23.1 Å². The first kappa shape index (κ1) is 25.1. The minimum atomic E-state index is -3.96. The van der Waals surface area contributed by atoms with E-state index in [1.165, 1.54) is 35.4 Å². The number of aryl methyl sites for hydroxylation is 2. The normalized spacial score (nSPS) is 11.2. The minimum absolute atomic E-state index is 0.0802. The van der Waals surface area contributed by atoms with E-state index in [2.05, 4.69) is 30.4 Å². The summed E-state index contributed by atoms with van der Waals surface area (Å²) >= 11 is 7.64. The molecule has 0 bridgehead atoms. The van der Waals surface area contributed by atoms with Crippen molar-refractivity contribution in [2.24, 2.45) is 0 Å². The topological polar surface area (TPSA) is 66.5 Å². The van der Waals surface area contributed by atoms with Crippen molar-refractivity contribution in [3.8, 4) is 0 Å². The maximum Gasteiger partial charge on any atom is 0.264 e. The maximum absolute atomic E-state index is 13.4. The van der Waals surface area contributed by atoms with E-state index in [0.29, 0.717) is 17.3 Å². The van der Waals surface area contributed by atoms with Gasteiger partial charge in [0.15, 0.2) is 0 Å². The summed E-state index contributed by atoms with van der Waals surface area (Å²) in [5, 5.41) is 3.29. The van der Waals surface area contributed by atoms with Gasteiger partial charge >= 0.3 is 0 Å². The number of hydrogen-bond donors (Lipinski definition) is 1. The Bertz CT molecular complexity index is 1200. The number of sulfonamides is 1. The van der Waals surface area contributed by atoms with E-state index in [-0.39, 0.29) is 17.3 Å². The highest BCUT2D eigenvalue weighted by atomic mass is 35.5. The first-order valence-corrected chi connectivity index (χ1v) is 13.5. The van der Waals surface area contributed by atoms with E-state index < -0.39 is 10.0 Å². The lowest BCUT2D eigenvalue weighted by Crippen LogP contribution is -2.41. The van der Waals surface area contributed by atoms with Crippen molar-refractivity contribution in [3.63, 3.8) is 0 Å². The smallest absolute Gasteiger partial charge is 0.264 e. The summed E-state index contributed by atoms with van der Waals surface area (Å²) in [7, 11) is -3.96. The summed E-state index contributed by atoms with van der Waals surface area (Å²) in [5.74, 6) is 1.23. The second-order valence-electron chi connectivity index (χ2n) is 7.64. The van der Waals surface area contributed by atoms with Gasteiger partial charge in [-0.1, -0.05) is 59.6 Å². The number of hydrogen-bond acceptors (Lipinski definition) is 4. The van der Waals surface area contributed by atoms with Crippen LogP contribution in [0.15, 0.2) is 77.7 Å². The molecule has 0 heterocycles. The summed E-state index contributed by atoms with van der Waals surface area (Å²) < 4.78 is 27.9. The summed E-state index contributed by atoms with van der Waals surface area (Å²) in [6.07, 6.45) is 0. The number of benzene rings is 3. The Morgan fingerprint density at radius 1 is 1.00 bits per heavy atom. The number of amides is 1. The van der Waals surface area contributed by atoms with Gasteiger partial charge in [-0.05, 0) is 55.3 Å². The average Bonchev–Trinajstić information content (AvgIpc) is 2.78. The van der Waals surface area contributed by atoms with Crippen molar-refractivity contribution in [2.75, 3.05) is 23.1 Å². The number of rotatable bonds is 10. The lowest BCUT2D eigenvalue weighted by Gasteiger charge is -2.25. The molecular formula is C25H27ClN2O3S2. The van der Waals surface area contributed by atoms with E-state index >= 15 is 0 Å². The molecule has 0 spiro atoms. The lowest BCUT2D eigenvalue weighted by molar-refractivity contribution is -0.119. The number of carbonyl (C=O) groups is 1. The van der Waals surface area contributed by atoms with Gasteiger partial charge in [-0.3, -0.25) is 9.10 Å². The number of anilines is 1. The van der Waals surface area contributed by atoms with Gasteiger partial charge in [0.05, 0.1) is 10.6 Å². The minimum Gasteiger partial charge on any atom is -0.354 e. The summed E-state index contributed by atoms with van der Waals surface area (Å²) in [6.45, 7) is 4.03. The zero-order valence-corrected chi connectivity index (χ0v) is 21.0. The predicted molar refractivity (Wildman–Crippen MR) is 138 cm³/mol. The molecule has 0 fully saturated rings. The van der Waals surface area contributed by atoms with Gasteiger partial charge in [-0.25, -0.2) is 8.42 Å². The van der Waals surface area contributed by atoms with Gasteiger partial charge in [0.25, 0.3) is 10.0 Å². The van der Waals surface area contributed by atoms with Crippen molar-refractivity contribution in [2.45, 2.75) is 24.5 Å². The molecule has 33 heavy (non-hydrogen) atoms. The number of carbonyl (C=O) groups excluding carboxylic acids is 1. The maximum atomic E-state index is 13.4. The lowest BCUT2D eigenvalue weighted by atomic mass is 10.2. The van der Waals surface area contributed by atoms with E-state index in [0.717, 1.165) is 21.4 Å².